The Hall–Kier alpha value is -3.03. The van der Waals surface area contributed by atoms with Crippen molar-refractivity contribution in [1.29, 1.82) is 0 Å². The largest absolute Gasteiger partial charge is 0.497 e. The Balaban J connectivity index is 1.53. The van der Waals surface area contributed by atoms with Crippen molar-refractivity contribution in [3.8, 4) is 17.2 Å². The van der Waals surface area contributed by atoms with Crippen LogP contribution in [0.4, 0.5) is 0 Å². The average Bonchev–Trinajstić information content (AvgIpc) is 2.82. The third-order valence-corrected chi connectivity index (χ3v) is 7.82. The van der Waals surface area contributed by atoms with E-state index in [0.717, 1.165) is 41.8 Å². The highest BCUT2D eigenvalue weighted by atomic mass is 32.2. The van der Waals surface area contributed by atoms with Crippen LogP contribution in [0.25, 0.3) is 0 Å². The minimum atomic E-state index is -4.00. The molecule has 0 fully saturated rings. The van der Waals surface area contributed by atoms with Crippen molar-refractivity contribution in [2.45, 2.75) is 37.2 Å². The monoisotopic (exact) mass is 465 g/mol. The van der Waals surface area contributed by atoms with E-state index in [1.165, 1.54) is 18.2 Å². The van der Waals surface area contributed by atoms with Crippen LogP contribution in [0.1, 0.15) is 33.9 Å². The Morgan fingerprint density at radius 1 is 0.970 bits per heavy atom. The minimum Gasteiger partial charge on any atom is -0.497 e. The van der Waals surface area contributed by atoms with Gasteiger partial charge in [0.1, 0.15) is 10.6 Å². The molecule has 3 aromatic rings. The zero-order valence-corrected chi connectivity index (χ0v) is 19.8. The molecule has 2 aliphatic rings. The van der Waals surface area contributed by atoms with Crippen molar-refractivity contribution >= 4 is 10.1 Å². The number of methoxy groups -OCH3 is 2. The maximum Gasteiger partial charge on any atom is 0.339 e. The van der Waals surface area contributed by atoms with Crippen LogP contribution in [-0.4, -0.2) is 34.1 Å². The number of fused-ring (bicyclic) bond motifs is 4. The second kappa shape index (κ2) is 8.39. The second-order valence-electron chi connectivity index (χ2n) is 8.59. The van der Waals surface area contributed by atoms with Gasteiger partial charge in [0, 0.05) is 24.7 Å². The number of nitrogens with zero attached hydrogens (tertiary/aromatic N) is 1. The molecule has 2 heterocycles. The summed E-state index contributed by atoms with van der Waals surface area (Å²) in [4.78, 5) is 2.53. The molecule has 5 rings (SSSR count). The Morgan fingerprint density at radius 2 is 1.82 bits per heavy atom. The molecular formula is C26H27NO5S. The first-order valence-corrected chi connectivity index (χ1v) is 12.4. The van der Waals surface area contributed by atoms with Gasteiger partial charge in [-0.25, -0.2) is 0 Å². The lowest BCUT2D eigenvalue weighted by Gasteiger charge is -2.42. The molecule has 0 aliphatic carbocycles. The molecular weight excluding hydrogens is 438 g/mol. The van der Waals surface area contributed by atoms with Crippen LogP contribution in [0.5, 0.6) is 17.2 Å². The number of rotatable bonds is 5. The summed E-state index contributed by atoms with van der Waals surface area (Å²) in [6, 6.07) is 17.1. The van der Waals surface area contributed by atoms with E-state index in [-0.39, 0.29) is 16.7 Å². The van der Waals surface area contributed by atoms with Crippen LogP contribution < -0.4 is 13.7 Å². The van der Waals surface area contributed by atoms with E-state index >= 15 is 0 Å². The van der Waals surface area contributed by atoms with Crippen LogP contribution >= 0.6 is 0 Å². The van der Waals surface area contributed by atoms with Crippen molar-refractivity contribution in [2.24, 2.45) is 0 Å². The maximum absolute atomic E-state index is 13.1. The summed E-state index contributed by atoms with van der Waals surface area (Å²) in [6.45, 7) is 3.33. The number of hydrogen-bond acceptors (Lipinski definition) is 6. The van der Waals surface area contributed by atoms with Gasteiger partial charge in [0.2, 0.25) is 0 Å². The molecule has 3 aromatic carbocycles. The summed E-state index contributed by atoms with van der Waals surface area (Å²) in [5.74, 6) is 1.58. The molecule has 0 amide bonds. The lowest BCUT2D eigenvalue weighted by molar-refractivity contribution is 0.159. The van der Waals surface area contributed by atoms with Crippen LogP contribution in [0.3, 0.4) is 0 Å². The van der Waals surface area contributed by atoms with E-state index < -0.39 is 10.1 Å². The fourth-order valence-corrected chi connectivity index (χ4v) is 5.97. The summed E-state index contributed by atoms with van der Waals surface area (Å²) in [5.41, 5.74) is 5.42. The van der Waals surface area contributed by atoms with Gasteiger partial charge in [-0.2, -0.15) is 8.42 Å². The lowest BCUT2D eigenvalue weighted by Crippen LogP contribution is -2.39. The summed E-state index contributed by atoms with van der Waals surface area (Å²) >= 11 is 0. The highest BCUT2D eigenvalue weighted by Gasteiger charge is 2.35. The smallest absolute Gasteiger partial charge is 0.339 e. The Morgan fingerprint density at radius 3 is 2.58 bits per heavy atom. The fourth-order valence-electron chi connectivity index (χ4n) is 4.90. The highest BCUT2D eigenvalue weighted by molar-refractivity contribution is 7.87. The molecule has 0 saturated heterocycles. The number of ether oxygens (including phenoxy) is 2. The first-order valence-electron chi connectivity index (χ1n) is 11.0. The molecule has 33 heavy (non-hydrogen) atoms. The number of aryl methyl sites for hydroxylation is 1. The predicted octanol–water partition coefficient (Wildman–Crippen LogP) is 4.44. The first-order chi connectivity index (χ1) is 15.9. The summed E-state index contributed by atoms with van der Waals surface area (Å²) in [6.07, 6.45) is 1.69. The molecule has 0 radical (unpaired) electrons. The van der Waals surface area contributed by atoms with Gasteiger partial charge in [-0.15, -0.1) is 0 Å². The lowest BCUT2D eigenvalue weighted by atomic mass is 9.83. The van der Waals surface area contributed by atoms with Gasteiger partial charge in [0.05, 0.1) is 14.2 Å². The van der Waals surface area contributed by atoms with Gasteiger partial charge in [-0.1, -0.05) is 24.3 Å². The van der Waals surface area contributed by atoms with Gasteiger partial charge in [-0.05, 0) is 72.4 Å². The Kier molecular flexibility index (Phi) is 5.54. The Labute approximate surface area is 194 Å². The van der Waals surface area contributed by atoms with Gasteiger partial charge in [-0.3, -0.25) is 4.90 Å². The normalized spacial score (nSPS) is 17.5. The zero-order chi connectivity index (χ0) is 23.2. The topological polar surface area (TPSA) is 65.1 Å². The molecule has 7 heteroatoms. The van der Waals surface area contributed by atoms with E-state index in [9.17, 15) is 8.42 Å². The molecule has 0 bridgehead atoms. The molecule has 2 aliphatic heterocycles. The van der Waals surface area contributed by atoms with E-state index in [1.54, 1.807) is 31.4 Å². The molecule has 0 spiro atoms. The van der Waals surface area contributed by atoms with Crippen molar-refractivity contribution < 1.29 is 22.1 Å². The standard InChI is InChI=1S/C26H27NO5S/c1-17-5-4-6-21(13-17)33(28,29)32-26-23-16-27-12-11-19-14-20(30-2)8-9-22(19)24(27)15-18(23)7-10-25(26)31-3/h4-10,13-14,24H,11-12,15-16H2,1-3H3/t24-/m1/s1. The summed E-state index contributed by atoms with van der Waals surface area (Å²) in [5, 5.41) is 0. The molecule has 0 N–H and O–H groups in total. The SMILES string of the molecule is COc1ccc2c(c1)CCN1Cc3c(ccc(OC)c3OS(=O)(=O)c3cccc(C)c3)C[C@H]21. The average molecular weight is 466 g/mol. The quantitative estimate of drug-likeness (QED) is 0.519. The molecule has 172 valence electrons. The first kappa shape index (κ1) is 21.8. The van der Waals surface area contributed by atoms with Crippen LogP contribution in [0.2, 0.25) is 0 Å². The van der Waals surface area contributed by atoms with E-state index in [1.807, 2.05) is 25.1 Å². The van der Waals surface area contributed by atoms with Gasteiger partial charge in [0.15, 0.2) is 11.5 Å². The molecule has 6 nitrogen and oxygen atoms in total. The van der Waals surface area contributed by atoms with E-state index in [2.05, 4.69) is 17.0 Å². The third kappa shape index (κ3) is 3.96. The highest BCUT2D eigenvalue weighted by Crippen LogP contribution is 2.45. The van der Waals surface area contributed by atoms with Gasteiger partial charge >= 0.3 is 10.1 Å². The van der Waals surface area contributed by atoms with Crippen molar-refractivity contribution in [1.82, 2.24) is 4.90 Å². The Bertz CT molecular complexity index is 1320. The number of benzene rings is 3. The third-order valence-electron chi connectivity index (χ3n) is 6.61. The van der Waals surface area contributed by atoms with Crippen LogP contribution in [0.15, 0.2) is 59.5 Å². The molecule has 1 atom stereocenters. The molecule has 0 unspecified atom stereocenters. The van der Waals surface area contributed by atoms with Crippen LogP contribution in [0, 0.1) is 6.92 Å². The second-order valence-corrected chi connectivity index (χ2v) is 10.1. The zero-order valence-electron chi connectivity index (χ0n) is 19.0. The summed E-state index contributed by atoms with van der Waals surface area (Å²) in [7, 11) is -0.780. The minimum absolute atomic E-state index is 0.136. The predicted molar refractivity (Wildman–Crippen MR) is 126 cm³/mol. The van der Waals surface area contributed by atoms with Crippen molar-refractivity contribution in [2.75, 3.05) is 20.8 Å². The van der Waals surface area contributed by atoms with Crippen molar-refractivity contribution in [3.63, 3.8) is 0 Å². The number of hydrogen-bond donors (Lipinski definition) is 0. The van der Waals surface area contributed by atoms with Gasteiger partial charge in [0.25, 0.3) is 0 Å². The fraction of sp³-hybridized carbons (Fsp3) is 0.308. The van der Waals surface area contributed by atoms with E-state index in [4.69, 9.17) is 13.7 Å². The van der Waals surface area contributed by atoms with Crippen molar-refractivity contribution in [3.05, 3.63) is 82.4 Å². The maximum atomic E-state index is 13.1. The van der Waals surface area contributed by atoms with E-state index in [0.29, 0.717) is 12.3 Å². The van der Waals surface area contributed by atoms with Gasteiger partial charge < -0.3 is 13.7 Å². The molecule has 0 aromatic heterocycles. The van der Waals surface area contributed by atoms with Crippen LogP contribution in [-0.2, 0) is 29.5 Å². The molecule has 0 saturated carbocycles. The summed E-state index contributed by atoms with van der Waals surface area (Å²) < 4.78 is 42.9.